The second kappa shape index (κ2) is 33.3. The lowest BCUT2D eigenvalue weighted by atomic mass is 9.99. The van der Waals surface area contributed by atoms with Crippen molar-refractivity contribution in [2.75, 3.05) is 70.1 Å². The van der Waals surface area contributed by atoms with Gasteiger partial charge in [0.1, 0.15) is 65.7 Å². The van der Waals surface area contributed by atoms with Crippen LogP contribution in [0.1, 0.15) is 78.0 Å². The fourth-order valence-corrected chi connectivity index (χ4v) is 15.6. The predicted molar refractivity (Wildman–Crippen MR) is 413 cm³/mol. The predicted octanol–water partition coefficient (Wildman–Crippen LogP) is 12.7. The molecule has 0 spiro atoms. The Morgan fingerprint density at radius 3 is 1.26 bits per heavy atom. The molecule has 12 aromatic rings. The minimum Gasteiger partial charge on any atom is -0.506 e. The second-order valence-corrected chi connectivity index (χ2v) is 34.2. The zero-order chi connectivity index (χ0) is 76.8. The first kappa shape index (κ1) is 79.1. The molecular weight excluding hydrogens is 1430 g/mol. The number of hydrogen-bond acceptors (Lipinski definition) is 21. The van der Waals surface area contributed by atoms with Crippen LogP contribution in [0, 0.1) is 20.8 Å². The van der Waals surface area contributed by atoms with Gasteiger partial charge in [-0.2, -0.15) is 0 Å². The van der Waals surface area contributed by atoms with E-state index in [1.165, 1.54) is 0 Å². The van der Waals surface area contributed by atoms with Gasteiger partial charge in [-0.25, -0.2) is 40.2 Å². The molecule has 15 rings (SSSR count). The van der Waals surface area contributed by atoms with Gasteiger partial charge in [-0.3, -0.25) is 0 Å². The summed E-state index contributed by atoms with van der Waals surface area (Å²) in [6.07, 6.45) is 6.38. The number of ether oxygens (including phenoxy) is 7. The minimum atomic E-state index is -3.34. The summed E-state index contributed by atoms with van der Waals surface area (Å²) in [4.78, 5) is 24.2. The molecule has 0 bridgehead atoms. The summed E-state index contributed by atoms with van der Waals surface area (Å²) < 4.78 is 113. The van der Waals surface area contributed by atoms with Crippen LogP contribution in [0.2, 0.25) is 0 Å². The number of aromatic nitrogens is 6. The Hall–Kier alpha value is -8.94. The van der Waals surface area contributed by atoms with Gasteiger partial charge in [-0.05, 0) is 202 Å². The average molecular weight is 1520 g/mol. The van der Waals surface area contributed by atoms with Gasteiger partial charge in [0, 0.05) is 57.5 Å². The lowest BCUT2D eigenvalue weighted by Gasteiger charge is -2.17. The van der Waals surface area contributed by atoms with Crippen LogP contribution in [-0.2, 0) is 53.2 Å². The molecule has 3 fully saturated rings. The van der Waals surface area contributed by atoms with Crippen molar-refractivity contribution in [1.82, 2.24) is 29.9 Å². The molecule has 24 nitrogen and oxygen atoms in total. The number of phenols is 1. The summed E-state index contributed by atoms with van der Waals surface area (Å²) in [5, 5.41) is 51.4. The molecule has 3 aliphatic heterocycles. The van der Waals surface area contributed by atoms with Crippen LogP contribution in [0.5, 0.6) is 17.2 Å². The molecule has 107 heavy (non-hydrogen) atoms. The summed E-state index contributed by atoms with van der Waals surface area (Å²) in [6.45, 7) is 20.2. The Morgan fingerprint density at radius 1 is 0.514 bits per heavy atom. The van der Waals surface area contributed by atoms with Gasteiger partial charge in [0.05, 0.1) is 87.6 Å². The molecule has 27 heteroatoms. The first-order valence-electron chi connectivity index (χ1n) is 35.4. The van der Waals surface area contributed by atoms with Crippen LogP contribution in [0.4, 0.5) is 0 Å². The van der Waals surface area contributed by atoms with Crippen LogP contribution >= 0.6 is 0 Å². The number of H-pyrrole nitrogens is 3. The van der Waals surface area contributed by atoms with Crippen LogP contribution in [-0.4, -0.2) is 187 Å². The number of fused-ring (bicyclic) bond motifs is 9. The largest absolute Gasteiger partial charge is 0.506 e. The maximum Gasteiger partial charge on any atom is 0.178 e. The van der Waals surface area contributed by atoms with Gasteiger partial charge in [0.25, 0.3) is 0 Å². The van der Waals surface area contributed by atoms with E-state index in [4.69, 9.17) is 48.5 Å². The minimum absolute atomic E-state index is 0.0298. The third kappa shape index (κ3) is 18.3. The van der Waals surface area contributed by atoms with Gasteiger partial charge in [0.2, 0.25) is 0 Å². The first-order chi connectivity index (χ1) is 51.0. The molecule has 1 unspecified atom stereocenters. The number of rotatable bonds is 18. The first-order valence-corrected chi connectivity index (χ1v) is 40.4. The number of aryl methyl sites for hydroxylation is 3. The molecule has 0 aliphatic carbocycles. The molecule has 8 N–H and O–H groups in total. The number of nitrogens with zero attached hydrogens (tertiary/aromatic N) is 3. The number of aliphatic hydroxyl groups is 4. The van der Waals surface area contributed by atoms with E-state index < -0.39 is 53.8 Å². The number of sulfone groups is 3. The Bertz CT molecular complexity index is 5540. The number of benzene rings is 6. The SMILES string of the molecule is CC1(C)OC[C@@H](CO)O1.CCS(=O)(=O)c1cccc(-c2ccc(O)c3[nH]c4ncc(C)cc4c23)c1.CCS(=O)(=O)c1cccc(-c2ccc(OC[C@@H](O)CO)c3[nH]c4ncc(C)cc4c23)c1.CCS(=O)(=O)c1cccc(-c2ccc(OC[C@@H]3COC(C)(C)O3)c3[nH]c4ncc(C)cc4c23)c1.OCC1CCCO1. The maximum atomic E-state index is 12.5. The Balaban J connectivity index is 0.000000145. The van der Waals surface area contributed by atoms with Gasteiger partial charge >= 0.3 is 0 Å². The second-order valence-electron chi connectivity index (χ2n) is 27.4. The molecule has 6 aromatic heterocycles. The molecule has 568 valence electrons. The molecule has 3 aliphatic rings. The Kier molecular flexibility index (Phi) is 24.6. The van der Waals surface area contributed by atoms with Crippen LogP contribution in [0.25, 0.3) is 99.2 Å². The van der Waals surface area contributed by atoms with Crippen molar-refractivity contribution < 1.29 is 83.9 Å². The van der Waals surface area contributed by atoms with E-state index in [9.17, 15) is 35.5 Å². The quantitative estimate of drug-likeness (QED) is 0.0395. The van der Waals surface area contributed by atoms with Crippen LogP contribution in [0.15, 0.2) is 161 Å². The summed E-state index contributed by atoms with van der Waals surface area (Å²) in [6, 6.07) is 38.0. The molecule has 6 aromatic carbocycles. The van der Waals surface area contributed by atoms with E-state index in [0.717, 1.165) is 113 Å². The maximum absolute atomic E-state index is 12.5. The highest BCUT2D eigenvalue weighted by Gasteiger charge is 2.34. The Morgan fingerprint density at radius 2 is 0.907 bits per heavy atom. The number of hydrogen-bond donors (Lipinski definition) is 8. The highest BCUT2D eigenvalue weighted by molar-refractivity contribution is 7.92. The van der Waals surface area contributed by atoms with Gasteiger partial charge in [-0.15, -0.1) is 0 Å². The zero-order valence-corrected chi connectivity index (χ0v) is 63.9. The van der Waals surface area contributed by atoms with E-state index in [-0.39, 0.29) is 66.0 Å². The third-order valence-electron chi connectivity index (χ3n) is 18.4. The van der Waals surface area contributed by atoms with Crippen molar-refractivity contribution in [2.45, 2.75) is 133 Å². The van der Waals surface area contributed by atoms with E-state index >= 15 is 0 Å². The molecule has 0 saturated carbocycles. The smallest absolute Gasteiger partial charge is 0.178 e. The van der Waals surface area contributed by atoms with E-state index in [0.29, 0.717) is 63.4 Å². The summed E-state index contributed by atoms with van der Waals surface area (Å²) in [5.74, 6) is 0.363. The summed E-state index contributed by atoms with van der Waals surface area (Å²) in [7, 11) is -9.96. The van der Waals surface area contributed by atoms with Gasteiger partial charge in [0.15, 0.2) is 41.1 Å². The Labute approximate surface area is 621 Å². The van der Waals surface area contributed by atoms with Crippen molar-refractivity contribution in [1.29, 1.82) is 0 Å². The fraction of sp³-hybridized carbons (Fsp3) is 0.362. The molecule has 0 radical (unpaired) electrons. The monoisotopic (exact) mass is 1520 g/mol. The highest BCUT2D eigenvalue weighted by atomic mass is 32.2. The average Bonchev–Trinajstić information content (AvgIpc) is 1.63. The van der Waals surface area contributed by atoms with Crippen molar-refractivity contribution in [3.8, 4) is 50.6 Å². The van der Waals surface area contributed by atoms with Gasteiger partial charge < -0.3 is 73.6 Å². The standard InChI is InChI=1S/C26H28N2O5S.C23H24N2O5S.C20H18N2O3S.C6H12O3.C5H10O2/c1-5-34(29,30)19-8-6-7-17(12-19)20-9-10-22(31-14-18-15-32-26(3,4)33-18)24-23(20)21-11-16(2)13-27-25(21)28-24;1-3-31(28,29)17-6-4-5-15(10-17)18-7-8-20(30-13-16(27)12-26)22-21(18)19-9-14(2)11-24-23(19)25-22;1-3-26(24,25)14-6-4-5-13(10-14)15-7-8-17(23)19-18(15)16-9-12(2)11-21-20(16)22-19;1-6(2)8-4-5(3-7)9-6;6-4-5-2-1-3-7-5/h6-13,18H,5,14-15H2,1-4H3,(H,27,28);4-11,16,26-27H,3,12-13H2,1-2H3,(H,24,25);4-11,23H,3H2,1-2H3,(H,21,22);5,7H,3-4H2,1-2H3;5-6H,1-4H2/t18-;16-;;5-;/m10.1./s1. The van der Waals surface area contributed by atoms with Crippen molar-refractivity contribution in [3.05, 3.63) is 163 Å². The number of nitrogens with one attached hydrogen (secondary N) is 3. The van der Waals surface area contributed by atoms with Crippen molar-refractivity contribution in [2.24, 2.45) is 0 Å². The van der Waals surface area contributed by atoms with Crippen LogP contribution in [0.3, 0.4) is 0 Å². The summed E-state index contributed by atoms with van der Waals surface area (Å²) >= 11 is 0. The van der Waals surface area contributed by atoms with Crippen LogP contribution < -0.4 is 9.47 Å². The summed E-state index contributed by atoms with van der Waals surface area (Å²) in [5.41, 5.74) is 12.2. The highest BCUT2D eigenvalue weighted by Crippen LogP contribution is 2.43. The van der Waals surface area contributed by atoms with Crippen molar-refractivity contribution >= 4 is 95.3 Å². The number of aromatic hydroxyl groups is 1. The lowest BCUT2D eigenvalue weighted by Crippen LogP contribution is -2.25. The number of phenolic OH excluding ortho intramolecular Hbond substituents is 1. The lowest BCUT2D eigenvalue weighted by molar-refractivity contribution is -0.142. The van der Waals surface area contributed by atoms with Gasteiger partial charge in [-0.1, -0.05) is 57.2 Å². The normalized spacial score (nSPS) is 17.3. The topological polar surface area (TPSA) is 354 Å². The molecule has 4 atom stereocenters. The number of pyridine rings is 3. The third-order valence-corrected chi connectivity index (χ3v) is 23.6. The number of aromatic amines is 3. The molecule has 0 amide bonds. The van der Waals surface area contributed by atoms with Crippen molar-refractivity contribution in [3.63, 3.8) is 0 Å². The molecule has 3 saturated heterocycles. The zero-order valence-electron chi connectivity index (χ0n) is 61.5. The molecule has 9 heterocycles. The molecular formula is C80H92N6O18S3. The fourth-order valence-electron chi connectivity index (χ4n) is 12.8. The van der Waals surface area contributed by atoms with E-state index in [1.54, 1.807) is 99.9 Å². The number of aliphatic hydroxyl groups excluding tert-OH is 4. The van der Waals surface area contributed by atoms with E-state index in [1.807, 2.05) is 109 Å². The van der Waals surface area contributed by atoms with E-state index in [2.05, 4.69) is 36.0 Å².